The first-order valence-electron chi connectivity index (χ1n) is 13.3. The summed E-state index contributed by atoms with van der Waals surface area (Å²) in [4.78, 5) is 23.3. The topological polar surface area (TPSA) is 149 Å². The molecule has 2 fully saturated rings. The molecule has 0 spiro atoms. The van der Waals surface area contributed by atoms with E-state index in [-0.39, 0.29) is 0 Å². The first-order valence-corrected chi connectivity index (χ1v) is 14.1. The van der Waals surface area contributed by atoms with Crippen molar-refractivity contribution in [3.8, 4) is 10.6 Å². The number of aliphatic hydroxyl groups excluding tert-OH is 2. The fourth-order valence-electron chi connectivity index (χ4n) is 5.39. The monoisotopic (exact) mass is 547 g/mol. The number of anilines is 2. The van der Waals surface area contributed by atoms with Crippen LogP contribution >= 0.6 is 11.3 Å². The van der Waals surface area contributed by atoms with Gasteiger partial charge in [0.15, 0.2) is 0 Å². The molecule has 4 aromatic rings. The predicted octanol–water partition coefficient (Wildman–Crippen LogP) is 3.63. The van der Waals surface area contributed by atoms with Crippen LogP contribution < -0.4 is 10.6 Å². The van der Waals surface area contributed by atoms with Gasteiger partial charge in [-0.3, -0.25) is 9.97 Å². The van der Waals surface area contributed by atoms with Crippen LogP contribution in [-0.2, 0) is 6.54 Å². The van der Waals surface area contributed by atoms with Gasteiger partial charge in [0.2, 0.25) is 5.95 Å². The Balaban J connectivity index is 1.38. The van der Waals surface area contributed by atoms with Crippen LogP contribution in [0, 0.1) is 12.8 Å². The van der Waals surface area contributed by atoms with Gasteiger partial charge in [-0.25, -0.2) is 9.97 Å². The standard InChI is InChI=1S/C28H33N7O3S/c1-14-20(26-34-22-19(39-26)8-11-30-21(22)16-4-5-16)25(33-18-12-17(28(2,3)38)23(36)24(18)37)35-27(32-14)31-13-15-6-9-29-10-7-15/h6-11,16-18,23-24,36-38H,4-5,12-13H2,1-3H3,(H2,31,32,33,35)/t17-,18+,23+,24-/m0/s1. The minimum absolute atomic E-state index is 0.379. The number of pyridine rings is 2. The van der Waals surface area contributed by atoms with E-state index in [0.717, 1.165) is 50.6 Å². The van der Waals surface area contributed by atoms with Crippen LogP contribution in [0.25, 0.3) is 20.8 Å². The summed E-state index contributed by atoms with van der Waals surface area (Å²) >= 11 is 1.57. The molecule has 39 heavy (non-hydrogen) atoms. The molecule has 0 amide bonds. The van der Waals surface area contributed by atoms with Gasteiger partial charge in [-0.05, 0) is 63.8 Å². The van der Waals surface area contributed by atoms with Crippen LogP contribution in [-0.4, -0.2) is 64.1 Å². The Labute approximate surface area is 230 Å². The Kier molecular flexibility index (Phi) is 6.70. The van der Waals surface area contributed by atoms with Crippen molar-refractivity contribution in [2.75, 3.05) is 10.6 Å². The number of hydrogen-bond donors (Lipinski definition) is 5. The first kappa shape index (κ1) is 26.0. The van der Waals surface area contributed by atoms with Crippen LogP contribution in [0.2, 0.25) is 0 Å². The molecule has 2 aliphatic carbocycles. The SMILES string of the molecule is Cc1nc(NCc2ccncc2)nc(N[C@@H]2C[C@H](C(C)(C)O)[C@@H](O)[C@H]2O)c1-c1nc2c(C3CC3)nccc2s1. The van der Waals surface area contributed by atoms with Crippen molar-refractivity contribution in [1.82, 2.24) is 24.9 Å². The molecule has 0 unspecified atom stereocenters. The lowest BCUT2D eigenvalue weighted by Crippen LogP contribution is -2.40. The number of aliphatic hydroxyl groups is 3. The number of nitrogens with one attached hydrogen (secondary N) is 2. The van der Waals surface area contributed by atoms with E-state index in [2.05, 4.69) is 20.6 Å². The summed E-state index contributed by atoms with van der Waals surface area (Å²) < 4.78 is 1.06. The Morgan fingerprint density at radius 2 is 1.79 bits per heavy atom. The smallest absolute Gasteiger partial charge is 0.225 e. The Hall–Kier alpha value is -3.25. The molecular formula is C28H33N7O3S. The van der Waals surface area contributed by atoms with E-state index < -0.39 is 29.8 Å². The van der Waals surface area contributed by atoms with E-state index in [1.54, 1.807) is 37.6 Å². The Morgan fingerprint density at radius 1 is 1.03 bits per heavy atom. The van der Waals surface area contributed by atoms with Gasteiger partial charge in [0.25, 0.3) is 0 Å². The highest BCUT2D eigenvalue weighted by atomic mass is 32.1. The van der Waals surface area contributed by atoms with E-state index >= 15 is 0 Å². The third kappa shape index (κ3) is 5.19. The Morgan fingerprint density at radius 3 is 2.49 bits per heavy atom. The number of rotatable bonds is 8. The summed E-state index contributed by atoms with van der Waals surface area (Å²) in [5, 5.41) is 39.7. The van der Waals surface area contributed by atoms with Crippen molar-refractivity contribution in [3.05, 3.63) is 53.7 Å². The van der Waals surface area contributed by atoms with Gasteiger partial charge in [-0.1, -0.05) is 0 Å². The maximum atomic E-state index is 10.9. The van der Waals surface area contributed by atoms with Crippen LogP contribution in [0.3, 0.4) is 0 Å². The molecule has 0 radical (unpaired) electrons. The molecule has 0 aromatic carbocycles. The van der Waals surface area contributed by atoms with Gasteiger partial charge in [0.1, 0.15) is 22.4 Å². The average Bonchev–Trinajstić information content (AvgIpc) is 3.59. The molecule has 4 atom stereocenters. The zero-order valence-corrected chi connectivity index (χ0v) is 23.0. The molecule has 204 valence electrons. The molecule has 4 aromatic heterocycles. The molecule has 2 saturated carbocycles. The first-order chi connectivity index (χ1) is 18.7. The second kappa shape index (κ2) is 10.1. The fourth-order valence-corrected chi connectivity index (χ4v) is 6.45. The maximum Gasteiger partial charge on any atom is 0.225 e. The molecule has 10 nitrogen and oxygen atoms in total. The second-order valence-electron chi connectivity index (χ2n) is 11.1. The normalized spacial score (nSPS) is 23.3. The molecule has 0 aliphatic heterocycles. The summed E-state index contributed by atoms with van der Waals surface area (Å²) in [7, 11) is 0. The number of fused-ring (bicyclic) bond motifs is 1. The fraction of sp³-hybridized carbons (Fsp3) is 0.464. The van der Waals surface area contributed by atoms with Crippen LogP contribution in [0.4, 0.5) is 11.8 Å². The maximum absolute atomic E-state index is 10.9. The average molecular weight is 548 g/mol. The summed E-state index contributed by atoms with van der Waals surface area (Å²) in [5.74, 6) is 0.930. The van der Waals surface area contributed by atoms with Crippen molar-refractivity contribution in [3.63, 3.8) is 0 Å². The predicted molar refractivity (Wildman–Crippen MR) is 151 cm³/mol. The van der Waals surface area contributed by atoms with Gasteiger partial charge in [0, 0.05) is 37.0 Å². The van der Waals surface area contributed by atoms with Crippen molar-refractivity contribution < 1.29 is 15.3 Å². The number of aryl methyl sites for hydroxylation is 1. The molecular weight excluding hydrogens is 514 g/mol. The molecule has 11 heteroatoms. The minimum atomic E-state index is -1.14. The van der Waals surface area contributed by atoms with E-state index in [1.165, 1.54) is 0 Å². The lowest BCUT2D eigenvalue weighted by Gasteiger charge is -2.28. The molecule has 0 saturated heterocycles. The number of aromatic nitrogens is 5. The zero-order valence-electron chi connectivity index (χ0n) is 22.2. The van der Waals surface area contributed by atoms with Crippen molar-refractivity contribution in [2.45, 2.75) is 76.3 Å². The second-order valence-corrected chi connectivity index (χ2v) is 12.2. The van der Waals surface area contributed by atoms with Crippen LogP contribution in [0.1, 0.15) is 56.0 Å². The van der Waals surface area contributed by atoms with E-state index in [4.69, 9.17) is 15.0 Å². The molecule has 6 rings (SSSR count). The van der Waals surface area contributed by atoms with E-state index in [0.29, 0.717) is 30.6 Å². The third-order valence-corrected chi connectivity index (χ3v) is 8.75. The van der Waals surface area contributed by atoms with Crippen molar-refractivity contribution in [2.24, 2.45) is 5.92 Å². The quantitative estimate of drug-likeness (QED) is 0.221. The molecule has 5 N–H and O–H groups in total. The summed E-state index contributed by atoms with van der Waals surface area (Å²) in [6, 6.07) is 5.32. The highest BCUT2D eigenvalue weighted by Crippen LogP contribution is 2.45. The highest BCUT2D eigenvalue weighted by Gasteiger charge is 2.48. The van der Waals surface area contributed by atoms with Crippen molar-refractivity contribution in [1.29, 1.82) is 0 Å². The van der Waals surface area contributed by atoms with Crippen molar-refractivity contribution >= 4 is 33.3 Å². The van der Waals surface area contributed by atoms with Gasteiger partial charge < -0.3 is 26.0 Å². The highest BCUT2D eigenvalue weighted by molar-refractivity contribution is 7.21. The van der Waals surface area contributed by atoms with Gasteiger partial charge in [0.05, 0.1) is 39.4 Å². The number of thiazole rings is 1. The lowest BCUT2D eigenvalue weighted by atomic mass is 9.88. The largest absolute Gasteiger partial charge is 0.390 e. The summed E-state index contributed by atoms with van der Waals surface area (Å²) in [5.41, 5.74) is 3.35. The zero-order chi connectivity index (χ0) is 27.3. The van der Waals surface area contributed by atoms with E-state index in [9.17, 15) is 15.3 Å². The van der Waals surface area contributed by atoms with Gasteiger partial charge in [-0.15, -0.1) is 11.3 Å². The Bertz CT molecular complexity index is 1490. The third-order valence-electron chi connectivity index (χ3n) is 7.72. The number of hydrogen-bond acceptors (Lipinski definition) is 11. The molecule has 0 bridgehead atoms. The van der Waals surface area contributed by atoms with Crippen LogP contribution in [0.5, 0.6) is 0 Å². The lowest BCUT2D eigenvalue weighted by molar-refractivity contribution is -0.0601. The molecule has 2 aliphatic rings. The van der Waals surface area contributed by atoms with Gasteiger partial charge in [-0.2, -0.15) is 4.98 Å². The van der Waals surface area contributed by atoms with Gasteiger partial charge >= 0.3 is 0 Å². The summed E-state index contributed by atoms with van der Waals surface area (Å²) in [6.45, 7) is 5.75. The minimum Gasteiger partial charge on any atom is -0.390 e. The van der Waals surface area contributed by atoms with E-state index in [1.807, 2.05) is 31.3 Å². The van der Waals surface area contributed by atoms with Crippen LogP contribution in [0.15, 0.2) is 36.8 Å². The molecule has 4 heterocycles. The summed E-state index contributed by atoms with van der Waals surface area (Å²) in [6.07, 6.45) is 5.84. The number of nitrogens with zero attached hydrogens (tertiary/aromatic N) is 5.